The number of carbonyl (C=O) groups is 1. The van der Waals surface area contributed by atoms with E-state index in [4.69, 9.17) is 4.84 Å². The van der Waals surface area contributed by atoms with Gasteiger partial charge < -0.3 is 4.98 Å². The zero-order valence-electron chi connectivity index (χ0n) is 13.3. The van der Waals surface area contributed by atoms with Crippen molar-refractivity contribution in [1.82, 2.24) is 10.0 Å². The summed E-state index contributed by atoms with van der Waals surface area (Å²) in [7, 11) is 3.15. The van der Waals surface area contributed by atoms with Gasteiger partial charge in [0.15, 0.2) is 0 Å². The number of para-hydroxylation sites is 1. The lowest BCUT2D eigenvalue weighted by Crippen LogP contribution is -2.31. The molecule has 1 amide bonds. The van der Waals surface area contributed by atoms with E-state index in [9.17, 15) is 4.79 Å². The molecule has 0 saturated carbocycles. The summed E-state index contributed by atoms with van der Waals surface area (Å²) in [5.74, 6) is -0.348. The quantitative estimate of drug-likeness (QED) is 0.733. The molecule has 3 rings (SSSR count). The van der Waals surface area contributed by atoms with E-state index in [1.807, 2.05) is 60.8 Å². The molecule has 1 unspecified atom stereocenters. The maximum Gasteiger partial charge on any atom is 0.253 e. The van der Waals surface area contributed by atoms with E-state index in [2.05, 4.69) is 4.98 Å². The van der Waals surface area contributed by atoms with Crippen molar-refractivity contribution in [2.75, 3.05) is 14.2 Å². The number of carbonyl (C=O) groups excluding carboxylic acids is 1. The van der Waals surface area contributed by atoms with Crippen molar-refractivity contribution in [2.45, 2.75) is 12.3 Å². The first kappa shape index (κ1) is 15.3. The van der Waals surface area contributed by atoms with E-state index >= 15 is 0 Å². The summed E-state index contributed by atoms with van der Waals surface area (Å²) in [4.78, 5) is 21.2. The number of amides is 1. The van der Waals surface area contributed by atoms with Crippen molar-refractivity contribution in [3.05, 3.63) is 71.9 Å². The fourth-order valence-corrected chi connectivity index (χ4v) is 2.87. The lowest BCUT2D eigenvalue weighted by molar-refractivity contribution is -0.170. The van der Waals surface area contributed by atoms with Crippen molar-refractivity contribution in [3.8, 4) is 0 Å². The minimum absolute atomic E-state index is 0.0545. The van der Waals surface area contributed by atoms with E-state index in [0.717, 1.165) is 22.0 Å². The summed E-state index contributed by atoms with van der Waals surface area (Å²) in [6.45, 7) is 0. The molecule has 1 heterocycles. The van der Waals surface area contributed by atoms with E-state index in [0.29, 0.717) is 6.42 Å². The predicted molar refractivity (Wildman–Crippen MR) is 91.0 cm³/mol. The molecule has 0 aliphatic heterocycles. The zero-order valence-corrected chi connectivity index (χ0v) is 13.3. The van der Waals surface area contributed by atoms with Crippen LogP contribution in [0.5, 0.6) is 0 Å². The second-order valence-electron chi connectivity index (χ2n) is 5.55. The van der Waals surface area contributed by atoms with Gasteiger partial charge in [-0.25, -0.2) is 5.06 Å². The molecular weight excluding hydrogens is 288 g/mol. The van der Waals surface area contributed by atoms with Gasteiger partial charge in [0.25, 0.3) is 5.91 Å². The van der Waals surface area contributed by atoms with Crippen LogP contribution in [-0.4, -0.2) is 30.1 Å². The zero-order chi connectivity index (χ0) is 16.2. The molecule has 1 aromatic heterocycles. The van der Waals surface area contributed by atoms with Gasteiger partial charge in [-0.2, -0.15) is 0 Å². The minimum Gasteiger partial charge on any atom is -0.361 e. The second kappa shape index (κ2) is 6.67. The highest BCUT2D eigenvalue weighted by molar-refractivity contribution is 5.91. The van der Waals surface area contributed by atoms with Crippen LogP contribution in [-0.2, 0) is 16.1 Å². The van der Waals surface area contributed by atoms with Gasteiger partial charge in [0.1, 0.15) is 0 Å². The highest BCUT2D eigenvalue weighted by atomic mass is 16.7. The molecule has 2 aromatic carbocycles. The van der Waals surface area contributed by atoms with Crippen LogP contribution in [0.4, 0.5) is 0 Å². The number of likely N-dealkylation sites (N-methyl/N-ethyl adjacent to an activating group) is 1. The molecule has 4 heteroatoms. The molecule has 1 N–H and O–H groups in total. The molecule has 0 radical (unpaired) electrons. The van der Waals surface area contributed by atoms with Crippen molar-refractivity contribution in [1.29, 1.82) is 0 Å². The van der Waals surface area contributed by atoms with E-state index in [-0.39, 0.29) is 11.8 Å². The molecular formula is C19H20N2O2. The van der Waals surface area contributed by atoms with Gasteiger partial charge >= 0.3 is 0 Å². The average Bonchev–Trinajstić information content (AvgIpc) is 3.03. The standard InChI is InChI=1S/C19H20N2O2/c1-21(23-2)19(22)16(12-14-8-4-3-5-9-14)17-13-20-18-11-7-6-10-15(17)18/h3-11,13,16,20H,12H2,1-2H3. The Morgan fingerprint density at radius 1 is 1.13 bits per heavy atom. The Hall–Kier alpha value is -2.59. The van der Waals surface area contributed by atoms with Crippen LogP contribution in [0.2, 0.25) is 0 Å². The summed E-state index contributed by atoms with van der Waals surface area (Å²) in [6, 6.07) is 18.1. The third-order valence-electron chi connectivity index (χ3n) is 4.16. The Balaban J connectivity index is 2.02. The minimum atomic E-state index is -0.293. The topological polar surface area (TPSA) is 45.3 Å². The van der Waals surface area contributed by atoms with Gasteiger partial charge in [-0.3, -0.25) is 9.63 Å². The number of aromatic amines is 1. The number of aromatic nitrogens is 1. The number of hydrogen-bond acceptors (Lipinski definition) is 2. The molecule has 1 atom stereocenters. The lowest BCUT2D eigenvalue weighted by Gasteiger charge is -2.22. The van der Waals surface area contributed by atoms with Crippen molar-refractivity contribution in [2.24, 2.45) is 0 Å². The summed E-state index contributed by atoms with van der Waals surface area (Å²) >= 11 is 0. The smallest absolute Gasteiger partial charge is 0.253 e. The fourth-order valence-electron chi connectivity index (χ4n) is 2.87. The number of fused-ring (bicyclic) bond motifs is 1. The summed E-state index contributed by atoms with van der Waals surface area (Å²) < 4.78 is 0. The number of benzene rings is 2. The summed E-state index contributed by atoms with van der Waals surface area (Å²) in [6.07, 6.45) is 2.56. The molecule has 0 bridgehead atoms. The van der Waals surface area contributed by atoms with Gasteiger partial charge in [0, 0.05) is 24.1 Å². The van der Waals surface area contributed by atoms with E-state index in [1.54, 1.807) is 7.05 Å². The second-order valence-corrected chi connectivity index (χ2v) is 5.55. The lowest BCUT2D eigenvalue weighted by atomic mass is 9.91. The number of H-pyrrole nitrogens is 1. The van der Waals surface area contributed by atoms with Crippen molar-refractivity contribution in [3.63, 3.8) is 0 Å². The Morgan fingerprint density at radius 2 is 1.83 bits per heavy atom. The first-order chi connectivity index (χ1) is 11.2. The predicted octanol–water partition coefficient (Wildman–Crippen LogP) is 3.51. The van der Waals surface area contributed by atoms with Crippen LogP contribution in [0.15, 0.2) is 60.8 Å². The summed E-state index contributed by atoms with van der Waals surface area (Å²) in [5, 5.41) is 2.38. The van der Waals surface area contributed by atoms with Crippen LogP contribution in [0.3, 0.4) is 0 Å². The van der Waals surface area contributed by atoms with Crippen molar-refractivity contribution >= 4 is 16.8 Å². The molecule has 23 heavy (non-hydrogen) atoms. The third-order valence-corrected chi connectivity index (χ3v) is 4.16. The number of nitrogens with zero attached hydrogens (tertiary/aromatic N) is 1. The maximum absolute atomic E-state index is 12.8. The van der Waals surface area contributed by atoms with Gasteiger partial charge in [-0.15, -0.1) is 0 Å². The number of rotatable bonds is 5. The largest absolute Gasteiger partial charge is 0.361 e. The highest BCUT2D eigenvalue weighted by Gasteiger charge is 2.27. The molecule has 4 nitrogen and oxygen atoms in total. The third kappa shape index (κ3) is 3.12. The fraction of sp³-hybridized carbons (Fsp3) is 0.211. The van der Waals surface area contributed by atoms with Gasteiger partial charge in [0.05, 0.1) is 13.0 Å². The normalized spacial score (nSPS) is 12.3. The van der Waals surface area contributed by atoms with Crippen LogP contribution in [0, 0.1) is 0 Å². The maximum atomic E-state index is 12.8. The highest BCUT2D eigenvalue weighted by Crippen LogP contribution is 2.29. The van der Waals surface area contributed by atoms with Crippen LogP contribution < -0.4 is 0 Å². The van der Waals surface area contributed by atoms with Gasteiger partial charge in [-0.1, -0.05) is 48.5 Å². The first-order valence-electron chi connectivity index (χ1n) is 7.62. The molecule has 3 aromatic rings. The summed E-state index contributed by atoms with van der Waals surface area (Å²) in [5.41, 5.74) is 3.16. The Kier molecular flexibility index (Phi) is 4.44. The van der Waals surface area contributed by atoms with Gasteiger partial charge in [0.2, 0.25) is 0 Å². The molecule has 0 aliphatic rings. The molecule has 0 saturated heterocycles. The van der Waals surface area contributed by atoms with E-state index in [1.165, 1.54) is 12.2 Å². The van der Waals surface area contributed by atoms with Crippen molar-refractivity contribution < 1.29 is 9.63 Å². The molecule has 0 fully saturated rings. The SMILES string of the molecule is CON(C)C(=O)C(Cc1ccccc1)c1c[nH]c2ccccc12. The molecule has 0 spiro atoms. The Bertz CT molecular complexity index is 795. The van der Waals surface area contributed by atoms with E-state index < -0.39 is 0 Å². The number of hydroxylamine groups is 2. The van der Waals surface area contributed by atoms with Crippen LogP contribution in [0.1, 0.15) is 17.0 Å². The molecule has 118 valence electrons. The van der Waals surface area contributed by atoms with Crippen LogP contribution in [0.25, 0.3) is 10.9 Å². The Labute approximate surface area is 135 Å². The molecule has 0 aliphatic carbocycles. The monoisotopic (exact) mass is 308 g/mol. The number of hydrogen-bond donors (Lipinski definition) is 1. The first-order valence-corrected chi connectivity index (χ1v) is 7.62. The van der Waals surface area contributed by atoms with Gasteiger partial charge in [-0.05, 0) is 23.6 Å². The van der Waals surface area contributed by atoms with Crippen LogP contribution >= 0.6 is 0 Å². The number of nitrogens with one attached hydrogen (secondary N) is 1. The Morgan fingerprint density at radius 3 is 2.57 bits per heavy atom. The average molecular weight is 308 g/mol.